The van der Waals surface area contributed by atoms with Gasteiger partial charge in [0.2, 0.25) is 0 Å². The van der Waals surface area contributed by atoms with Gasteiger partial charge in [-0.15, -0.1) is 0 Å². The molecule has 3 aromatic rings. The first-order chi connectivity index (χ1) is 11.6. The van der Waals surface area contributed by atoms with Crippen molar-refractivity contribution in [3.05, 3.63) is 62.6 Å². The van der Waals surface area contributed by atoms with Gasteiger partial charge in [0.15, 0.2) is 11.5 Å². The highest BCUT2D eigenvalue weighted by Crippen LogP contribution is 2.38. The van der Waals surface area contributed by atoms with Crippen molar-refractivity contribution >= 4 is 34.1 Å². The van der Waals surface area contributed by atoms with E-state index in [4.69, 9.17) is 32.7 Å². The first kappa shape index (κ1) is 15.3. The lowest BCUT2D eigenvalue weighted by Gasteiger charge is -2.20. The average molecular weight is 363 g/mol. The third-order valence-corrected chi connectivity index (χ3v) is 4.31. The minimum atomic E-state index is -0.159. The van der Waals surface area contributed by atoms with Crippen LogP contribution >= 0.6 is 23.2 Å². The quantitative estimate of drug-likeness (QED) is 0.699. The number of hydrogen-bond donors (Lipinski definition) is 0. The zero-order valence-electron chi connectivity index (χ0n) is 12.5. The van der Waals surface area contributed by atoms with Gasteiger partial charge in [0.05, 0.1) is 28.8 Å². The molecular weight excluding hydrogens is 351 g/mol. The Kier molecular flexibility index (Phi) is 3.82. The van der Waals surface area contributed by atoms with Crippen LogP contribution in [0.25, 0.3) is 10.9 Å². The highest BCUT2D eigenvalue weighted by atomic mass is 35.5. The molecule has 0 amide bonds. The van der Waals surface area contributed by atoms with E-state index in [1.54, 1.807) is 24.3 Å². The highest BCUT2D eigenvalue weighted by Gasteiger charge is 2.17. The SMILES string of the molecule is O=c1c2cc(Cl)ccc2ncn1Cc1cc(Cl)c2c(c1)OCCO2. The predicted molar refractivity (Wildman–Crippen MR) is 92.6 cm³/mol. The van der Waals surface area contributed by atoms with Gasteiger partial charge in [-0.2, -0.15) is 0 Å². The van der Waals surface area contributed by atoms with Crippen LogP contribution in [0.1, 0.15) is 5.56 Å². The van der Waals surface area contributed by atoms with Crippen molar-refractivity contribution in [1.82, 2.24) is 9.55 Å². The number of halogens is 2. The third-order valence-electron chi connectivity index (χ3n) is 3.80. The maximum absolute atomic E-state index is 12.6. The lowest BCUT2D eigenvalue weighted by Crippen LogP contribution is -2.21. The fourth-order valence-electron chi connectivity index (χ4n) is 2.70. The molecule has 0 unspecified atom stereocenters. The smallest absolute Gasteiger partial charge is 0.261 e. The van der Waals surface area contributed by atoms with Crippen LogP contribution in [-0.2, 0) is 6.54 Å². The Bertz CT molecular complexity index is 1000. The van der Waals surface area contributed by atoms with E-state index < -0.39 is 0 Å². The van der Waals surface area contributed by atoms with Crippen LogP contribution < -0.4 is 15.0 Å². The van der Waals surface area contributed by atoms with Gasteiger partial charge in [0, 0.05) is 5.02 Å². The number of nitrogens with zero attached hydrogens (tertiary/aromatic N) is 2. The van der Waals surface area contributed by atoms with Crippen LogP contribution in [-0.4, -0.2) is 22.8 Å². The molecule has 4 rings (SSSR count). The van der Waals surface area contributed by atoms with Gasteiger partial charge in [0.25, 0.3) is 5.56 Å². The van der Waals surface area contributed by atoms with E-state index in [2.05, 4.69) is 4.98 Å². The van der Waals surface area contributed by atoms with Crippen molar-refractivity contribution in [3.8, 4) is 11.5 Å². The molecule has 7 heteroatoms. The summed E-state index contributed by atoms with van der Waals surface area (Å²) in [4.78, 5) is 16.9. The summed E-state index contributed by atoms with van der Waals surface area (Å²) in [6, 6.07) is 8.66. The van der Waals surface area contributed by atoms with Crippen molar-refractivity contribution in [2.75, 3.05) is 13.2 Å². The summed E-state index contributed by atoms with van der Waals surface area (Å²) in [7, 11) is 0. The van der Waals surface area contributed by atoms with Crippen LogP contribution in [0.4, 0.5) is 0 Å². The topological polar surface area (TPSA) is 53.4 Å². The van der Waals surface area contributed by atoms with Crippen molar-refractivity contribution in [1.29, 1.82) is 0 Å². The number of benzene rings is 2. The van der Waals surface area contributed by atoms with Crippen molar-refractivity contribution in [2.24, 2.45) is 0 Å². The molecule has 0 saturated carbocycles. The van der Waals surface area contributed by atoms with Gasteiger partial charge >= 0.3 is 0 Å². The first-order valence-corrected chi connectivity index (χ1v) is 8.10. The van der Waals surface area contributed by atoms with Gasteiger partial charge in [-0.3, -0.25) is 9.36 Å². The predicted octanol–water partition coefficient (Wildman–Crippen LogP) is 3.52. The maximum Gasteiger partial charge on any atom is 0.261 e. The molecule has 1 aliphatic rings. The Morgan fingerprint density at radius 1 is 1.12 bits per heavy atom. The molecule has 5 nitrogen and oxygen atoms in total. The summed E-state index contributed by atoms with van der Waals surface area (Å²) in [6.45, 7) is 1.27. The summed E-state index contributed by atoms with van der Waals surface area (Å²) >= 11 is 12.2. The van der Waals surface area contributed by atoms with E-state index in [1.165, 1.54) is 10.9 Å². The van der Waals surface area contributed by atoms with E-state index in [9.17, 15) is 4.79 Å². The summed E-state index contributed by atoms with van der Waals surface area (Å²) in [5, 5.41) is 1.45. The second-order valence-corrected chi connectivity index (χ2v) is 6.28. The van der Waals surface area contributed by atoms with Crippen LogP contribution in [0.5, 0.6) is 11.5 Å². The Balaban J connectivity index is 1.76. The maximum atomic E-state index is 12.6. The Morgan fingerprint density at radius 3 is 2.83 bits per heavy atom. The lowest BCUT2D eigenvalue weighted by molar-refractivity contribution is 0.171. The second-order valence-electron chi connectivity index (χ2n) is 5.44. The zero-order valence-corrected chi connectivity index (χ0v) is 14.0. The van der Waals surface area contributed by atoms with Gasteiger partial charge in [0.1, 0.15) is 13.2 Å². The monoisotopic (exact) mass is 362 g/mol. The minimum absolute atomic E-state index is 0.159. The van der Waals surface area contributed by atoms with Crippen LogP contribution in [0.15, 0.2) is 41.5 Å². The van der Waals surface area contributed by atoms with Gasteiger partial charge in [-0.05, 0) is 35.9 Å². The number of hydrogen-bond acceptors (Lipinski definition) is 4. The fraction of sp³-hybridized carbons (Fsp3) is 0.176. The number of ether oxygens (including phenoxy) is 2. The standard InChI is InChI=1S/C17H12Cl2N2O3/c18-11-1-2-14-12(7-11)17(22)21(9-20-14)8-10-5-13(19)16-15(6-10)23-3-4-24-16/h1-2,5-7,9H,3-4,8H2. The molecule has 0 fully saturated rings. The molecule has 2 aromatic carbocycles. The van der Waals surface area contributed by atoms with E-state index in [0.29, 0.717) is 52.2 Å². The van der Waals surface area contributed by atoms with E-state index in [-0.39, 0.29) is 5.56 Å². The Labute approximate surface area is 147 Å². The molecule has 0 bridgehead atoms. The Morgan fingerprint density at radius 2 is 1.96 bits per heavy atom. The summed E-state index contributed by atoms with van der Waals surface area (Å²) in [6.07, 6.45) is 1.52. The summed E-state index contributed by atoms with van der Waals surface area (Å²) in [5.74, 6) is 1.14. The van der Waals surface area contributed by atoms with Crippen molar-refractivity contribution in [2.45, 2.75) is 6.54 Å². The largest absolute Gasteiger partial charge is 0.486 e. The van der Waals surface area contributed by atoms with Gasteiger partial charge < -0.3 is 9.47 Å². The van der Waals surface area contributed by atoms with Gasteiger partial charge in [-0.1, -0.05) is 23.2 Å². The Hall–Kier alpha value is -2.24. The fourth-order valence-corrected chi connectivity index (χ4v) is 3.16. The molecule has 1 aromatic heterocycles. The van der Waals surface area contributed by atoms with Crippen molar-refractivity contribution in [3.63, 3.8) is 0 Å². The average Bonchev–Trinajstić information content (AvgIpc) is 2.58. The number of fused-ring (bicyclic) bond motifs is 2. The molecule has 0 aliphatic carbocycles. The van der Waals surface area contributed by atoms with E-state index >= 15 is 0 Å². The molecule has 0 N–H and O–H groups in total. The van der Waals surface area contributed by atoms with Crippen LogP contribution in [0.2, 0.25) is 10.0 Å². The lowest BCUT2D eigenvalue weighted by atomic mass is 10.2. The molecular formula is C17H12Cl2N2O3. The highest BCUT2D eigenvalue weighted by molar-refractivity contribution is 6.32. The molecule has 122 valence electrons. The van der Waals surface area contributed by atoms with Gasteiger partial charge in [-0.25, -0.2) is 4.98 Å². The first-order valence-electron chi connectivity index (χ1n) is 7.34. The third kappa shape index (κ3) is 2.70. The van der Waals surface area contributed by atoms with Crippen LogP contribution in [0.3, 0.4) is 0 Å². The molecule has 0 spiro atoms. The van der Waals surface area contributed by atoms with Crippen LogP contribution in [0, 0.1) is 0 Å². The molecule has 0 saturated heterocycles. The number of rotatable bonds is 2. The van der Waals surface area contributed by atoms with Crippen molar-refractivity contribution < 1.29 is 9.47 Å². The van der Waals surface area contributed by atoms with E-state index in [0.717, 1.165) is 5.56 Å². The number of aromatic nitrogens is 2. The summed E-state index contributed by atoms with van der Waals surface area (Å²) < 4.78 is 12.6. The molecule has 0 radical (unpaired) electrons. The molecule has 24 heavy (non-hydrogen) atoms. The zero-order chi connectivity index (χ0) is 16.7. The van der Waals surface area contributed by atoms with E-state index in [1.807, 2.05) is 6.07 Å². The molecule has 1 aliphatic heterocycles. The normalized spacial score (nSPS) is 13.2. The second kappa shape index (κ2) is 6.00. The summed E-state index contributed by atoms with van der Waals surface area (Å²) in [5.41, 5.74) is 1.28. The minimum Gasteiger partial charge on any atom is -0.486 e. The molecule has 2 heterocycles. The molecule has 0 atom stereocenters.